The average molecular weight is 363 g/mol. The maximum atomic E-state index is 5.83. The number of halogens is 2. The van der Waals surface area contributed by atoms with Crippen LogP contribution in [0.5, 0.6) is 0 Å². The molecule has 17 heavy (non-hydrogen) atoms. The molecule has 0 saturated carbocycles. The quantitative estimate of drug-likeness (QED) is 0.741. The van der Waals surface area contributed by atoms with E-state index in [9.17, 15) is 0 Å². The first-order valence-electron chi connectivity index (χ1n) is 5.23. The lowest BCUT2D eigenvalue weighted by molar-refractivity contribution is 0.258. The molecule has 0 saturated heterocycles. The summed E-state index contributed by atoms with van der Waals surface area (Å²) in [4.78, 5) is 4.32. The second-order valence-electron chi connectivity index (χ2n) is 3.95. The lowest BCUT2D eigenvalue weighted by Gasteiger charge is -2.24. The van der Waals surface area contributed by atoms with Crippen LogP contribution in [0.15, 0.2) is 42.7 Å². The van der Waals surface area contributed by atoms with Crippen LogP contribution in [-0.2, 0) is 0 Å². The van der Waals surface area contributed by atoms with Crippen molar-refractivity contribution in [1.29, 1.82) is 0 Å². The molecule has 0 spiro atoms. The van der Waals surface area contributed by atoms with Crippen LogP contribution < -0.4 is 0 Å². The Hall–Kier alpha value is -0.680. The van der Waals surface area contributed by atoms with Crippen molar-refractivity contribution in [2.24, 2.45) is 0 Å². The van der Waals surface area contributed by atoms with Crippen molar-refractivity contribution in [2.45, 2.75) is 6.17 Å². The Labute approximate surface area is 125 Å². The Morgan fingerprint density at radius 3 is 2.12 bits per heavy atom. The van der Waals surface area contributed by atoms with E-state index in [2.05, 4.69) is 48.4 Å². The van der Waals surface area contributed by atoms with Gasteiger partial charge in [-0.05, 0) is 23.8 Å². The van der Waals surface area contributed by atoms with Gasteiger partial charge >= 0.3 is 0 Å². The topological polar surface area (TPSA) is 6.48 Å². The van der Waals surface area contributed by atoms with Crippen LogP contribution in [0.3, 0.4) is 0 Å². The van der Waals surface area contributed by atoms with Crippen molar-refractivity contribution >= 4 is 41.7 Å². The summed E-state index contributed by atoms with van der Waals surface area (Å²) in [6.07, 6.45) is 8.72. The van der Waals surface area contributed by atoms with Gasteiger partial charge in [-0.2, -0.15) is 0 Å². The van der Waals surface area contributed by atoms with E-state index in [-0.39, 0.29) is 24.0 Å². The van der Waals surface area contributed by atoms with E-state index in [1.54, 1.807) is 0 Å². The van der Waals surface area contributed by atoms with Crippen molar-refractivity contribution in [1.82, 2.24) is 9.80 Å². The Morgan fingerprint density at radius 2 is 1.59 bits per heavy atom. The summed E-state index contributed by atoms with van der Waals surface area (Å²) in [6, 6.07) is 7.84. The molecule has 1 aromatic rings. The molecule has 0 radical (unpaired) electrons. The van der Waals surface area contributed by atoms with Gasteiger partial charge in [0.15, 0.2) is 0 Å². The highest BCUT2D eigenvalue weighted by atomic mass is 127. The molecule has 2 nitrogen and oxygen atoms in total. The highest BCUT2D eigenvalue weighted by molar-refractivity contribution is 14.0. The minimum absolute atomic E-state index is 0. The maximum Gasteiger partial charge on any atom is 0.120 e. The Bertz CT molecular complexity index is 402. The number of rotatable bonds is 2. The molecule has 1 aromatic carbocycles. The number of nitrogens with zero attached hydrogens (tertiary/aromatic N) is 2. The Morgan fingerprint density at radius 1 is 1.06 bits per heavy atom. The van der Waals surface area contributed by atoms with Crippen molar-refractivity contribution in [2.75, 3.05) is 14.1 Å². The summed E-state index contributed by atoms with van der Waals surface area (Å²) in [6.45, 7) is 0. The fourth-order valence-electron chi connectivity index (χ4n) is 1.72. The Balaban J connectivity index is 0.00000144. The minimum atomic E-state index is 0. The van der Waals surface area contributed by atoms with Gasteiger partial charge in [-0.1, -0.05) is 29.8 Å². The highest BCUT2D eigenvalue weighted by Crippen LogP contribution is 2.15. The van der Waals surface area contributed by atoms with Gasteiger partial charge in [0.25, 0.3) is 0 Å². The molecule has 0 aromatic heterocycles. The molecule has 1 aliphatic heterocycles. The largest absolute Gasteiger partial charge is 0.356 e. The summed E-state index contributed by atoms with van der Waals surface area (Å²) < 4.78 is 0. The third-order valence-electron chi connectivity index (χ3n) is 2.70. The summed E-state index contributed by atoms with van der Waals surface area (Å²) in [5, 5.41) is 0.772. The first-order chi connectivity index (χ1) is 7.66. The van der Waals surface area contributed by atoms with Crippen molar-refractivity contribution in [3.8, 4) is 0 Å². The molecule has 4 heteroatoms. The van der Waals surface area contributed by atoms with Crippen LogP contribution in [0.2, 0.25) is 5.02 Å². The van der Waals surface area contributed by atoms with Gasteiger partial charge in [0, 0.05) is 31.5 Å². The normalized spacial score (nSPS) is 15.7. The molecular weight excluding hydrogens is 347 g/mol. The van der Waals surface area contributed by atoms with Crippen LogP contribution in [-0.4, -0.2) is 30.1 Å². The summed E-state index contributed by atoms with van der Waals surface area (Å²) in [5.74, 6) is 0. The van der Waals surface area contributed by atoms with Crippen LogP contribution in [0.25, 0.3) is 6.08 Å². The lowest BCUT2D eigenvalue weighted by Crippen LogP contribution is -2.31. The molecular formula is C13H16ClIN2. The molecule has 0 N–H and O–H groups in total. The smallest absolute Gasteiger partial charge is 0.120 e. The molecule has 0 unspecified atom stereocenters. The van der Waals surface area contributed by atoms with E-state index in [1.807, 2.05) is 24.3 Å². The molecule has 92 valence electrons. The van der Waals surface area contributed by atoms with Gasteiger partial charge in [-0.25, -0.2) is 0 Å². The maximum absolute atomic E-state index is 5.83. The van der Waals surface area contributed by atoms with Crippen LogP contribution in [0.4, 0.5) is 0 Å². The van der Waals surface area contributed by atoms with Gasteiger partial charge in [-0.3, -0.25) is 0 Å². The summed E-state index contributed by atoms with van der Waals surface area (Å²) in [7, 11) is 4.13. The first kappa shape index (κ1) is 14.4. The summed E-state index contributed by atoms with van der Waals surface area (Å²) in [5.41, 5.74) is 1.16. The van der Waals surface area contributed by atoms with Gasteiger partial charge in [0.05, 0.1) is 0 Å². The van der Waals surface area contributed by atoms with E-state index >= 15 is 0 Å². The average Bonchev–Trinajstić information content (AvgIpc) is 2.59. The zero-order valence-corrected chi connectivity index (χ0v) is 13.0. The number of benzene rings is 1. The van der Waals surface area contributed by atoms with Crippen LogP contribution in [0.1, 0.15) is 5.56 Å². The van der Waals surface area contributed by atoms with Crippen LogP contribution in [0, 0.1) is 0 Å². The Kier molecular flexibility index (Phi) is 5.33. The fraction of sp³-hybridized carbons (Fsp3) is 0.231. The van der Waals surface area contributed by atoms with Gasteiger partial charge < -0.3 is 9.80 Å². The predicted molar refractivity (Wildman–Crippen MR) is 84.4 cm³/mol. The second-order valence-corrected chi connectivity index (χ2v) is 4.39. The van der Waals surface area contributed by atoms with Crippen molar-refractivity contribution in [3.05, 3.63) is 53.3 Å². The number of likely N-dealkylation sites (N-methyl/N-ethyl adjacent to an activating group) is 2. The van der Waals surface area contributed by atoms with E-state index in [4.69, 9.17) is 11.6 Å². The summed E-state index contributed by atoms with van der Waals surface area (Å²) >= 11 is 5.83. The number of hydrogen-bond acceptors (Lipinski definition) is 2. The van der Waals surface area contributed by atoms with Crippen LogP contribution >= 0.6 is 35.6 Å². The monoisotopic (exact) mass is 362 g/mol. The second kappa shape index (κ2) is 6.31. The SMILES string of the molecule is CN1C=CN(C)C1C=Cc1ccc(Cl)cc1.I. The lowest BCUT2D eigenvalue weighted by atomic mass is 10.2. The standard InChI is InChI=1S/C13H15ClN2.HI/c1-15-9-10-16(2)13(15)8-5-11-3-6-12(14)7-4-11;/h3-10,13H,1-2H3;1H. The number of hydrogen-bond donors (Lipinski definition) is 0. The van der Waals surface area contributed by atoms with Crippen molar-refractivity contribution < 1.29 is 0 Å². The van der Waals surface area contributed by atoms with Gasteiger partial charge in [-0.15, -0.1) is 24.0 Å². The molecule has 0 amide bonds. The van der Waals surface area contributed by atoms with Gasteiger partial charge in [0.1, 0.15) is 6.17 Å². The molecule has 1 heterocycles. The molecule has 0 atom stereocenters. The van der Waals surface area contributed by atoms with Crippen molar-refractivity contribution in [3.63, 3.8) is 0 Å². The molecule has 1 aliphatic rings. The highest BCUT2D eigenvalue weighted by Gasteiger charge is 2.16. The molecule has 0 bridgehead atoms. The molecule has 2 rings (SSSR count). The molecule has 0 fully saturated rings. The predicted octanol–water partition coefficient (Wildman–Crippen LogP) is 3.65. The fourth-order valence-corrected chi connectivity index (χ4v) is 1.84. The minimum Gasteiger partial charge on any atom is -0.356 e. The van der Waals surface area contributed by atoms with Gasteiger partial charge in [0.2, 0.25) is 0 Å². The molecule has 0 aliphatic carbocycles. The first-order valence-corrected chi connectivity index (χ1v) is 5.60. The third kappa shape index (κ3) is 3.64. The third-order valence-corrected chi connectivity index (χ3v) is 2.95. The zero-order chi connectivity index (χ0) is 11.5. The van der Waals surface area contributed by atoms with E-state index in [1.165, 1.54) is 0 Å². The zero-order valence-electron chi connectivity index (χ0n) is 9.88. The van der Waals surface area contributed by atoms with E-state index in [0.29, 0.717) is 6.17 Å². The van der Waals surface area contributed by atoms with E-state index < -0.39 is 0 Å². The van der Waals surface area contributed by atoms with E-state index in [0.717, 1.165) is 10.6 Å².